The van der Waals surface area contributed by atoms with E-state index in [1.54, 1.807) is 0 Å². The molecule has 1 unspecified atom stereocenters. The Kier molecular flexibility index (Phi) is 3.45. The number of alkyl halides is 3. The second kappa shape index (κ2) is 4.09. The minimum atomic E-state index is -4.08. The molecule has 0 heterocycles. The Morgan fingerprint density at radius 3 is 2.14 bits per heavy atom. The van der Waals surface area contributed by atoms with Crippen molar-refractivity contribution >= 4 is 0 Å². The summed E-state index contributed by atoms with van der Waals surface area (Å²) in [5, 5.41) is 2.77. The first-order chi connectivity index (χ1) is 6.45. The quantitative estimate of drug-likeness (QED) is 0.732. The molecule has 0 aliphatic heterocycles. The van der Waals surface area contributed by atoms with Crippen LogP contribution in [0.1, 0.15) is 46.0 Å². The minimum Gasteiger partial charge on any atom is -0.301 e. The van der Waals surface area contributed by atoms with E-state index in [4.69, 9.17) is 0 Å². The molecule has 0 aromatic rings. The maximum Gasteiger partial charge on any atom is 0.406 e. The Balaban J connectivity index is 2.50. The standard InChI is InChI=1S/C10H18F3N/c1-3-5-8(4-2)14-9(6-7-9)10(11,12)13/h8,14H,3-7H2,1-2H3. The summed E-state index contributed by atoms with van der Waals surface area (Å²) >= 11 is 0. The fourth-order valence-electron chi connectivity index (χ4n) is 1.75. The number of halogens is 3. The molecular formula is C10H18F3N. The van der Waals surface area contributed by atoms with Crippen LogP contribution in [0.5, 0.6) is 0 Å². The highest BCUT2D eigenvalue weighted by molar-refractivity contribution is 5.08. The van der Waals surface area contributed by atoms with Crippen molar-refractivity contribution in [2.45, 2.75) is 63.7 Å². The zero-order valence-electron chi connectivity index (χ0n) is 8.75. The lowest BCUT2D eigenvalue weighted by molar-refractivity contribution is -0.168. The summed E-state index contributed by atoms with van der Waals surface area (Å²) in [5.74, 6) is 0. The number of hydrogen-bond donors (Lipinski definition) is 1. The van der Waals surface area contributed by atoms with Crippen LogP contribution in [0.25, 0.3) is 0 Å². The van der Waals surface area contributed by atoms with Crippen molar-refractivity contribution in [3.8, 4) is 0 Å². The Hall–Kier alpha value is -0.250. The molecule has 1 fully saturated rings. The maximum atomic E-state index is 12.6. The van der Waals surface area contributed by atoms with E-state index in [1.807, 2.05) is 13.8 Å². The molecular weight excluding hydrogens is 191 g/mol. The normalized spacial score (nSPS) is 22.1. The van der Waals surface area contributed by atoms with E-state index >= 15 is 0 Å². The van der Waals surface area contributed by atoms with E-state index < -0.39 is 11.7 Å². The van der Waals surface area contributed by atoms with Gasteiger partial charge in [-0.15, -0.1) is 0 Å². The maximum absolute atomic E-state index is 12.6. The largest absolute Gasteiger partial charge is 0.406 e. The molecule has 0 aromatic carbocycles. The van der Waals surface area contributed by atoms with Crippen molar-refractivity contribution in [2.24, 2.45) is 0 Å². The predicted molar refractivity (Wildman–Crippen MR) is 50.1 cm³/mol. The van der Waals surface area contributed by atoms with Crippen LogP contribution in [-0.4, -0.2) is 17.8 Å². The second-order valence-electron chi connectivity index (χ2n) is 4.12. The first-order valence-corrected chi connectivity index (χ1v) is 5.29. The highest BCUT2D eigenvalue weighted by atomic mass is 19.4. The SMILES string of the molecule is CCCC(CC)NC1(C(F)(F)F)CC1. The van der Waals surface area contributed by atoms with Crippen molar-refractivity contribution in [3.63, 3.8) is 0 Å². The van der Waals surface area contributed by atoms with Crippen molar-refractivity contribution < 1.29 is 13.2 Å². The van der Waals surface area contributed by atoms with Crippen molar-refractivity contribution in [3.05, 3.63) is 0 Å². The van der Waals surface area contributed by atoms with Gasteiger partial charge in [0.2, 0.25) is 0 Å². The molecule has 0 aromatic heterocycles. The predicted octanol–water partition coefficient (Wildman–Crippen LogP) is 3.25. The van der Waals surface area contributed by atoms with Crippen molar-refractivity contribution in [2.75, 3.05) is 0 Å². The third kappa shape index (κ3) is 2.41. The van der Waals surface area contributed by atoms with E-state index in [1.165, 1.54) is 0 Å². The molecule has 0 radical (unpaired) electrons. The number of rotatable bonds is 5. The zero-order valence-corrected chi connectivity index (χ0v) is 8.75. The van der Waals surface area contributed by atoms with Gasteiger partial charge in [0.05, 0.1) is 0 Å². The topological polar surface area (TPSA) is 12.0 Å². The van der Waals surface area contributed by atoms with Gasteiger partial charge in [-0.25, -0.2) is 0 Å². The molecule has 0 spiro atoms. The Labute approximate surface area is 83.1 Å². The van der Waals surface area contributed by atoms with Gasteiger partial charge < -0.3 is 5.32 Å². The molecule has 0 bridgehead atoms. The molecule has 1 aliphatic rings. The van der Waals surface area contributed by atoms with Gasteiger partial charge in [-0.1, -0.05) is 20.3 Å². The lowest BCUT2D eigenvalue weighted by atomic mass is 10.1. The van der Waals surface area contributed by atoms with Crippen LogP contribution < -0.4 is 5.32 Å². The first kappa shape index (κ1) is 11.8. The summed E-state index contributed by atoms with van der Waals surface area (Å²) < 4.78 is 37.7. The molecule has 1 N–H and O–H groups in total. The number of nitrogens with one attached hydrogen (secondary N) is 1. The van der Waals surface area contributed by atoms with Crippen LogP contribution >= 0.6 is 0 Å². The fraction of sp³-hybridized carbons (Fsp3) is 1.00. The average molecular weight is 209 g/mol. The molecule has 1 nitrogen and oxygen atoms in total. The summed E-state index contributed by atoms with van der Waals surface area (Å²) in [6.07, 6.45) is -1.05. The highest BCUT2D eigenvalue weighted by Crippen LogP contribution is 2.49. The van der Waals surface area contributed by atoms with E-state index in [9.17, 15) is 13.2 Å². The molecule has 1 rings (SSSR count). The smallest absolute Gasteiger partial charge is 0.301 e. The second-order valence-corrected chi connectivity index (χ2v) is 4.12. The van der Waals surface area contributed by atoms with Crippen molar-refractivity contribution in [1.82, 2.24) is 5.32 Å². The Morgan fingerprint density at radius 2 is 1.86 bits per heavy atom. The van der Waals surface area contributed by atoms with Crippen LogP contribution in [0, 0.1) is 0 Å². The molecule has 0 saturated heterocycles. The lowest BCUT2D eigenvalue weighted by Gasteiger charge is -2.26. The third-order valence-corrected chi connectivity index (χ3v) is 2.90. The van der Waals surface area contributed by atoms with Gasteiger partial charge >= 0.3 is 6.18 Å². The van der Waals surface area contributed by atoms with Crippen LogP contribution in [0.15, 0.2) is 0 Å². The van der Waals surface area contributed by atoms with Gasteiger partial charge in [0, 0.05) is 6.04 Å². The van der Waals surface area contributed by atoms with E-state index in [0.717, 1.165) is 19.3 Å². The third-order valence-electron chi connectivity index (χ3n) is 2.90. The van der Waals surface area contributed by atoms with E-state index in [0.29, 0.717) is 0 Å². The zero-order chi connectivity index (χ0) is 10.8. The van der Waals surface area contributed by atoms with Crippen molar-refractivity contribution in [1.29, 1.82) is 0 Å². The first-order valence-electron chi connectivity index (χ1n) is 5.29. The van der Waals surface area contributed by atoms with E-state index in [-0.39, 0.29) is 18.9 Å². The summed E-state index contributed by atoms with van der Waals surface area (Å²) in [6.45, 7) is 3.93. The van der Waals surface area contributed by atoms with Crippen LogP contribution in [0.4, 0.5) is 13.2 Å². The van der Waals surface area contributed by atoms with Crippen LogP contribution in [0.3, 0.4) is 0 Å². The average Bonchev–Trinajstić information content (AvgIpc) is 2.83. The van der Waals surface area contributed by atoms with Crippen LogP contribution in [-0.2, 0) is 0 Å². The minimum absolute atomic E-state index is 0.0177. The molecule has 0 amide bonds. The lowest BCUT2D eigenvalue weighted by Crippen LogP contribution is -2.49. The summed E-state index contributed by atoms with van der Waals surface area (Å²) in [5.41, 5.74) is -1.54. The Bertz CT molecular complexity index is 184. The van der Waals surface area contributed by atoms with Gasteiger partial charge in [-0.3, -0.25) is 0 Å². The van der Waals surface area contributed by atoms with Gasteiger partial charge in [0.15, 0.2) is 0 Å². The summed E-state index contributed by atoms with van der Waals surface area (Å²) in [4.78, 5) is 0. The Morgan fingerprint density at radius 1 is 1.29 bits per heavy atom. The highest BCUT2D eigenvalue weighted by Gasteiger charge is 2.63. The molecule has 14 heavy (non-hydrogen) atoms. The molecule has 1 saturated carbocycles. The summed E-state index contributed by atoms with van der Waals surface area (Å²) in [6, 6.07) is 0.0177. The molecule has 4 heteroatoms. The van der Waals surface area contributed by atoms with Gasteiger partial charge in [0.25, 0.3) is 0 Å². The van der Waals surface area contributed by atoms with Gasteiger partial charge in [0.1, 0.15) is 5.54 Å². The van der Waals surface area contributed by atoms with Gasteiger partial charge in [-0.2, -0.15) is 13.2 Å². The monoisotopic (exact) mass is 209 g/mol. The van der Waals surface area contributed by atoms with Crippen LogP contribution in [0.2, 0.25) is 0 Å². The molecule has 1 aliphatic carbocycles. The van der Waals surface area contributed by atoms with Gasteiger partial charge in [-0.05, 0) is 25.7 Å². The summed E-state index contributed by atoms with van der Waals surface area (Å²) in [7, 11) is 0. The molecule has 1 atom stereocenters. The molecule has 84 valence electrons. The fourth-order valence-corrected chi connectivity index (χ4v) is 1.75. The number of hydrogen-bond acceptors (Lipinski definition) is 1. The van der Waals surface area contributed by atoms with E-state index in [2.05, 4.69) is 5.32 Å².